The fourth-order valence-corrected chi connectivity index (χ4v) is 2.05. The number of likely N-dealkylation sites (tertiary alicyclic amines) is 1. The average molecular weight is 209 g/mol. The third-order valence-electron chi connectivity index (χ3n) is 3.13. The van der Waals surface area contributed by atoms with Crippen LogP contribution in [0.2, 0.25) is 0 Å². The number of nitrogens with zero attached hydrogens (tertiary/aromatic N) is 2. The Morgan fingerprint density at radius 1 is 1.53 bits per heavy atom. The van der Waals surface area contributed by atoms with Crippen molar-refractivity contribution in [3.63, 3.8) is 0 Å². The molecule has 84 valence electrons. The Bertz CT molecular complexity index is 315. The van der Waals surface area contributed by atoms with Crippen molar-refractivity contribution in [2.75, 3.05) is 19.6 Å². The zero-order chi connectivity index (χ0) is 10.8. The van der Waals surface area contributed by atoms with Gasteiger partial charge in [0.25, 0.3) is 0 Å². The number of oxazole rings is 1. The van der Waals surface area contributed by atoms with E-state index in [1.165, 1.54) is 6.42 Å². The van der Waals surface area contributed by atoms with E-state index in [0.717, 1.165) is 43.5 Å². The summed E-state index contributed by atoms with van der Waals surface area (Å²) in [5.74, 6) is 2.42. The molecule has 4 heteroatoms. The minimum absolute atomic E-state index is 0.655. The molecule has 1 atom stereocenters. The molecule has 0 bridgehead atoms. The molecule has 1 aromatic heterocycles. The van der Waals surface area contributed by atoms with Gasteiger partial charge >= 0.3 is 0 Å². The summed E-state index contributed by atoms with van der Waals surface area (Å²) in [6.07, 6.45) is 1.20. The average Bonchev–Trinajstić information content (AvgIpc) is 2.76. The summed E-state index contributed by atoms with van der Waals surface area (Å²) in [5, 5.41) is 0. The summed E-state index contributed by atoms with van der Waals surface area (Å²) in [6.45, 7) is 7.75. The van der Waals surface area contributed by atoms with Gasteiger partial charge in [-0.1, -0.05) is 0 Å². The van der Waals surface area contributed by atoms with Crippen LogP contribution in [-0.2, 0) is 6.54 Å². The van der Waals surface area contributed by atoms with Crippen molar-refractivity contribution in [2.45, 2.75) is 26.8 Å². The first-order valence-electron chi connectivity index (χ1n) is 5.54. The first kappa shape index (κ1) is 10.6. The van der Waals surface area contributed by atoms with Gasteiger partial charge in [0.1, 0.15) is 5.76 Å². The van der Waals surface area contributed by atoms with E-state index in [0.29, 0.717) is 5.92 Å². The van der Waals surface area contributed by atoms with E-state index < -0.39 is 0 Å². The zero-order valence-electron chi connectivity index (χ0n) is 9.49. The van der Waals surface area contributed by atoms with E-state index >= 15 is 0 Å². The molecule has 1 aliphatic heterocycles. The molecule has 1 saturated heterocycles. The second-order valence-corrected chi connectivity index (χ2v) is 4.37. The number of nitrogens with two attached hydrogens (primary N) is 1. The van der Waals surface area contributed by atoms with Crippen molar-refractivity contribution >= 4 is 0 Å². The Kier molecular flexibility index (Phi) is 3.07. The molecule has 1 fully saturated rings. The predicted molar refractivity (Wildman–Crippen MR) is 58.4 cm³/mol. The molecule has 0 spiro atoms. The molecule has 2 heterocycles. The number of aryl methyl sites for hydroxylation is 2. The summed E-state index contributed by atoms with van der Waals surface area (Å²) in [6, 6.07) is 0. The molecule has 0 amide bonds. The van der Waals surface area contributed by atoms with Crippen molar-refractivity contribution in [1.82, 2.24) is 9.88 Å². The van der Waals surface area contributed by atoms with Gasteiger partial charge in [0, 0.05) is 6.54 Å². The molecule has 0 radical (unpaired) electrons. The zero-order valence-corrected chi connectivity index (χ0v) is 9.49. The monoisotopic (exact) mass is 209 g/mol. The largest absolute Gasteiger partial charge is 0.444 e. The maximum absolute atomic E-state index is 5.65. The van der Waals surface area contributed by atoms with Crippen molar-refractivity contribution < 1.29 is 4.42 Å². The van der Waals surface area contributed by atoms with Gasteiger partial charge in [-0.3, -0.25) is 4.90 Å². The van der Waals surface area contributed by atoms with Crippen LogP contribution in [-0.4, -0.2) is 29.5 Å². The van der Waals surface area contributed by atoms with E-state index in [9.17, 15) is 0 Å². The Hall–Kier alpha value is -0.870. The van der Waals surface area contributed by atoms with Crippen molar-refractivity contribution in [3.8, 4) is 0 Å². The number of rotatable bonds is 3. The fraction of sp³-hybridized carbons (Fsp3) is 0.727. The lowest BCUT2D eigenvalue weighted by Gasteiger charge is -2.12. The Morgan fingerprint density at radius 3 is 2.87 bits per heavy atom. The molecular weight excluding hydrogens is 190 g/mol. The van der Waals surface area contributed by atoms with Crippen LogP contribution in [0.4, 0.5) is 0 Å². The third-order valence-corrected chi connectivity index (χ3v) is 3.13. The highest BCUT2D eigenvalue weighted by Crippen LogP contribution is 2.18. The summed E-state index contributed by atoms with van der Waals surface area (Å²) < 4.78 is 5.56. The van der Waals surface area contributed by atoms with Gasteiger partial charge in [-0.25, -0.2) is 4.98 Å². The summed E-state index contributed by atoms with van der Waals surface area (Å²) in [7, 11) is 0. The summed E-state index contributed by atoms with van der Waals surface area (Å²) in [4.78, 5) is 6.75. The van der Waals surface area contributed by atoms with Crippen LogP contribution in [0.15, 0.2) is 4.42 Å². The lowest BCUT2D eigenvalue weighted by molar-refractivity contribution is 0.278. The van der Waals surface area contributed by atoms with E-state index in [1.54, 1.807) is 0 Å². The van der Waals surface area contributed by atoms with Crippen molar-refractivity contribution in [3.05, 3.63) is 17.3 Å². The highest BCUT2D eigenvalue weighted by Gasteiger charge is 2.22. The highest BCUT2D eigenvalue weighted by atomic mass is 16.4. The lowest BCUT2D eigenvalue weighted by atomic mass is 10.1. The number of hydrogen-bond donors (Lipinski definition) is 1. The molecule has 2 rings (SSSR count). The Labute approximate surface area is 90.5 Å². The van der Waals surface area contributed by atoms with Gasteiger partial charge in [-0.15, -0.1) is 0 Å². The van der Waals surface area contributed by atoms with Crippen LogP contribution in [0, 0.1) is 19.8 Å². The fourth-order valence-electron chi connectivity index (χ4n) is 2.05. The van der Waals surface area contributed by atoms with Gasteiger partial charge in [0.2, 0.25) is 5.89 Å². The number of hydrogen-bond acceptors (Lipinski definition) is 4. The standard InChI is InChI=1S/C11H19N3O/c1-8-9(2)15-11(13-8)7-14-4-3-10(5-12)6-14/h10H,3-7,12H2,1-2H3. The minimum atomic E-state index is 0.655. The van der Waals surface area contributed by atoms with Crippen LogP contribution in [0.3, 0.4) is 0 Å². The first-order chi connectivity index (χ1) is 7.19. The van der Waals surface area contributed by atoms with Gasteiger partial charge in [0.05, 0.1) is 12.2 Å². The normalized spacial score (nSPS) is 22.5. The van der Waals surface area contributed by atoms with E-state index in [1.807, 2.05) is 13.8 Å². The van der Waals surface area contributed by atoms with Crippen LogP contribution in [0.1, 0.15) is 23.8 Å². The third kappa shape index (κ3) is 2.38. The van der Waals surface area contributed by atoms with Gasteiger partial charge < -0.3 is 10.2 Å². The quantitative estimate of drug-likeness (QED) is 0.809. The van der Waals surface area contributed by atoms with Crippen LogP contribution >= 0.6 is 0 Å². The molecule has 0 aliphatic carbocycles. The maximum Gasteiger partial charge on any atom is 0.208 e. The van der Waals surface area contributed by atoms with E-state index in [4.69, 9.17) is 10.2 Å². The highest BCUT2D eigenvalue weighted by molar-refractivity contribution is 5.05. The predicted octanol–water partition coefficient (Wildman–Crippen LogP) is 1.07. The second kappa shape index (κ2) is 4.33. The van der Waals surface area contributed by atoms with Crippen LogP contribution < -0.4 is 5.73 Å². The minimum Gasteiger partial charge on any atom is -0.444 e. The Morgan fingerprint density at radius 2 is 2.33 bits per heavy atom. The first-order valence-corrected chi connectivity index (χ1v) is 5.54. The van der Waals surface area contributed by atoms with Gasteiger partial charge in [-0.2, -0.15) is 0 Å². The SMILES string of the molecule is Cc1nc(CN2CCC(CN)C2)oc1C. The second-order valence-electron chi connectivity index (χ2n) is 4.37. The topological polar surface area (TPSA) is 55.3 Å². The lowest BCUT2D eigenvalue weighted by Crippen LogP contribution is -2.22. The molecule has 0 aromatic carbocycles. The number of aromatic nitrogens is 1. The molecule has 2 N–H and O–H groups in total. The smallest absolute Gasteiger partial charge is 0.208 e. The molecule has 4 nitrogen and oxygen atoms in total. The van der Waals surface area contributed by atoms with Crippen LogP contribution in [0.5, 0.6) is 0 Å². The molecule has 0 saturated carbocycles. The maximum atomic E-state index is 5.65. The molecule has 15 heavy (non-hydrogen) atoms. The van der Waals surface area contributed by atoms with Crippen molar-refractivity contribution in [1.29, 1.82) is 0 Å². The Balaban J connectivity index is 1.92. The molecule has 1 aromatic rings. The van der Waals surface area contributed by atoms with E-state index in [2.05, 4.69) is 9.88 Å². The van der Waals surface area contributed by atoms with E-state index in [-0.39, 0.29) is 0 Å². The molecular formula is C11H19N3O. The van der Waals surface area contributed by atoms with Crippen LogP contribution in [0.25, 0.3) is 0 Å². The summed E-state index contributed by atoms with van der Waals surface area (Å²) in [5.41, 5.74) is 6.65. The molecule has 1 aliphatic rings. The van der Waals surface area contributed by atoms with Gasteiger partial charge in [0.15, 0.2) is 0 Å². The molecule has 1 unspecified atom stereocenters. The summed E-state index contributed by atoms with van der Waals surface area (Å²) >= 11 is 0. The van der Waals surface area contributed by atoms with Crippen molar-refractivity contribution in [2.24, 2.45) is 11.7 Å². The van der Waals surface area contributed by atoms with Gasteiger partial charge in [-0.05, 0) is 39.3 Å².